The van der Waals surface area contributed by atoms with Crippen LogP contribution in [0.1, 0.15) is 11.1 Å². The van der Waals surface area contributed by atoms with Crippen molar-refractivity contribution in [2.75, 3.05) is 18.6 Å². The van der Waals surface area contributed by atoms with E-state index in [1.165, 1.54) is 11.6 Å². The van der Waals surface area contributed by atoms with Gasteiger partial charge in [0.1, 0.15) is 11.5 Å². The van der Waals surface area contributed by atoms with Crippen LogP contribution in [0.4, 0.5) is 5.69 Å². The van der Waals surface area contributed by atoms with Gasteiger partial charge in [0.15, 0.2) is 6.73 Å². The van der Waals surface area contributed by atoms with Gasteiger partial charge in [0.25, 0.3) is 0 Å². The Hall–Kier alpha value is -2.20. The molecule has 0 spiro atoms. The number of aliphatic imine (C=N–C) groups is 1. The fraction of sp³-hybridized carbons (Fsp3) is 0.188. The molecule has 0 amide bonds. The van der Waals surface area contributed by atoms with Gasteiger partial charge in [0.2, 0.25) is 0 Å². The number of phenolic OH excluding ortho intramolecular Hbond substituents is 1. The Morgan fingerprint density at radius 1 is 1.29 bits per heavy atom. The molecule has 0 aliphatic carbocycles. The molecule has 0 radical (unpaired) electrons. The van der Waals surface area contributed by atoms with Crippen LogP contribution in [0.3, 0.4) is 0 Å². The van der Waals surface area contributed by atoms with Gasteiger partial charge in [-0.3, -0.25) is 4.99 Å². The summed E-state index contributed by atoms with van der Waals surface area (Å²) in [6.45, 7) is 1.18. The number of anilines is 1. The fourth-order valence-electron chi connectivity index (χ4n) is 2.16. The van der Waals surface area contributed by atoms with Gasteiger partial charge in [-0.1, -0.05) is 17.7 Å². The number of benzene rings is 2. The third-order valence-corrected chi connectivity index (χ3v) is 3.52. The topological polar surface area (TPSA) is 53.9 Å². The van der Waals surface area contributed by atoms with Gasteiger partial charge in [-0.05, 0) is 42.3 Å². The van der Waals surface area contributed by atoms with Crippen molar-refractivity contribution in [3.05, 3.63) is 52.5 Å². The van der Waals surface area contributed by atoms with Crippen molar-refractivity contribution >= 4 is 23.5 Å². The van der Waals surface area contributed by atoms with Crippen LogP contribution < -0.4 is 10.1 Å². The van der Waals surface area contributed by atoms with Gasteiger partial charge in [-0.2, -0.15) is 0 Å². The molecule has 0 aromatic heterocycles. The average Bonchev–Trinajstić information content (AvgIpc) is 2.93. The molecule has 0 unspecified atom stereocenters. The maximum atomic E-state index is 9.71. The number of hydrogen-bond acceptors (Lipinski definition) is 4. The molecular weight excluding hydrogens is 288 g/mol. The minimum atomic E-state index is 0.142. The molecule has 5 heteroatoms. The molecule has 2 N–H and O–H groups in total. The van der Waals surface area contributed by atoms with Gasteiger partial charge >= 0.3 is 0 Å². The maximum Gasteiger partial charge on any atom is 0.159 e. The van der Waals surface area contributed by atoms with Crippen LogP contribution in [0.2, 0.25) is 5.02 Å². The first kappa shape index (κ1) is 13.8. The molecule has 2 aromatic carbocycles. The van der Waals surface area contributed by atoms with Crippen LogP contribution in [0.25, 0.3) is 0 Å². The standard InChI is InChI=1S/C16H15ClN2O2/c17-13-3-2-12(15(20)8-13)9-18-6-5-11-1-4-14-16(7-11)21-10-19-14/h1-4,7-9,19-20H,5-6,10H2. The summed E-state index contributed by atoms with van der Waals surface area (Å²) in [6, 6.07) is 11.1. The summed E-state index contributed by atoms with van der Waals surface area (Å²) < 4.78 is 5.45. The highest BCUT2D eigenvalue weighted by Crippen LogP contribution is 2.29. The zero-order valence-corrected chi connectivity index (χ0v) is 12.1. The van der Waals surface area contributed by atoms with Crippen LogP contribution in [0.15, 0.2) is 41.4 Å². The molecule has 21 heavy (non-hydrogen) atoms. The molecule has 108 valence electrons. The third-order valence-electron chi connectivity index (χ3n) is 3.29. The molecule has 2 aromatic rings. The Labute approximate surface area is 128 Å². The molecule has 1 aliphatic heterocycles. The lowest BCUT2D eigenvalue weighted by atomic mass is 10.1. The van der Waals surface area contributed by atoms with E-state index in [0.717, 1.165) is 17.9 Å². The Balaban J connectivity index is 1.59. The summed E-state index contributed by atoms with van der Waals surface area (Å²) in [5, 5.41) is 13.4. The van der Waals surface area contributed by atoms with E-state index < -0.39 is 0 Å². The Bertz CT molecular complexity index is 686. The second-order valence-electron chi connectivity index (χ2n) is 4.78. The largest absolute Gasteiger partial charge is 0.507 e. The Morgan fingerprint density at radius 2 is 2.19 bits per heavy atom. The number of fused-ring (bicyclic) bond motifs is 1. The van der Waals surface area contributed by atoms with Crippen molar-refractivity contribution in [1.82, 2.24) is 0 Å². The molecule has 0 saturated heterocycles. The Kier molecular flexibility index (Phi) is 3.97. The first-order valence-corrected chi connectivity index (χ1v) is 7.08. The normalized spacial score (nSPS) is 13.0. The number of aromatic hydroxyl groups is 1. The lowest BCUT2D eigenvalue weighted by Crippen LogP contribution is -1.96. The van der Waals surface area contributed by atoms with E-state index >= 15 is 0 Å². The number of hydrogen-bond donors (Lipinski definition) is 2. The van der Waals surface area contributed by atoms with E-state index in [0.29, 0.717) is 23.9 Å². The number of rotatable bonds is 4. The number of nitrogens with zero attached hydrogens (tertiary/aromatic N) is 1. The summed E-state index contributed by atoms with van der Waals surface area (Å²) >= 11 is 5.78. The molecule has 4 nitrogen and oxygen atoms in total. The van der Waals surface area contributed by atoms with E-state index in [2.05, 4.69) is 16.4 Å². The zero-order valence-electron chi connectivity index (χ0n) is 11.3. The molecule has 0 saturated carbocycles. The third kappa shape index (κ3) is 3.28. The smallest absolute Gasteiger partial charge is 0.159 e. The van der Waals surface area contributed by atoms with E-state index in [4.69, 9.17) is 16.3 Å². The first-order chi connectivity index (χ1) is 10.2. The van der Waals surface area contributed by atoms with Crippen LogP contribution in [-0.4, -0.2) is 24.6 Å². The van der Waals surface area contributed by atoms with Crippen molar-refractivity contribution in [3.63, 3.8) is 0 Å². The highest BCUT2D eigenvalue weighted by Gasteiger charge is 2.10. The van der Waals surface area contributed by atoms with Gasteiger partial charge in [-0.15, -0.1) is 0 Å². The van der Waals surface area contributed by atoms with Crippen molar-refractivity contribution < 1.29 is 9.84 Å². The molecule has 0 atom stereocenters. The molecule has 0 fully saturated rings. The summed E-state index contributed by atoms with van der Waals surface area (Å²) in [5.41, 5.74) is 2.88. The second-order valence-corrected chi connectivity index (χ2v) is 5.22. The monoisotopic (exact) mass is 302 g/mol. The first-order valence-electron chi connectivity index (χ1n) is 6.70. The molecular formula is C16H15ClN2O2. The lowest BCUT2D eigenvalue weighted by molar-refractivity contribution is 0.372. The van der Waals surface area contributed by atoms with Crippen LogP contribution in [-0.2, 0) is 6.42 Å². The number of halogens is 1. The van der Waals surface area contributed by atoms with Gasteiger partial charge in [-0.25, -0.2) is 0 Å². The number of ether oxygens (including phenoxy) is 1. The van der Waals surface area contributed by atoms with Gasteiger partial charge in [0.05, 0.1) is 5.69 Å². The Morgan fingerprint density at radius 3 is 3.05 bits per heavy atom. The highest BCUT2D eigenvalue weighted by atomic mass is 35.5. The molecule has 3 rings (SSSR count). The maximum absolute atomic E-state index is 9.71. The van der Waals surface area contributed by atoms with Gasteiger partial charge in [0, 0.05) is 23.3 Å². The van der Waals surface area contributed by atoms with E-state index in [9.17, 15) is 5.11 Å². The number of phenols is 1. The van der Waals surface area contributed by atoms with Crippen molar-refractivity contribution in [3.8, 4) is 11.5 Å². The van der Waals surface area contributed by atoms with Crippen molar-refractivity contribution in [1.29, 1.82) is 0 Å². The van der Waals surface area contributed by atoms with E-state index in [1.54, 1.807) is 18.3 Å². The molecule has 1 heterocycles. The summed E-state index contributed by atoms with van der Waals surface area (Å²) in [6.07, 6.45) is 2.48. The summed E-state index contributed by atoms with van der Waals surface area (Å²) in [4.78, 5) is 4.34. The quantitative estimate of drug-likeness (QED) is 0.850. The predicted octanol–water partition coefficient (Wildman–Crippen LogP) is 3.47. The zero-order chi connectivity index (χ0) is 14.7. The summed E-state index contributed by atoms with van der Waals surface area (Å²) in [5.74, 6) is 1.04. The minimum Gasteiger partial charge on any atom is -0.507 e. The van der Waals surface area contributed by atoms with E-state index in [1.807, 2.05) is 12.1 Å². The fourth-order valence-corrected chi connectivity index (χ4v) is 2.33. The predicted molar refractivity (Wildman–Crippen MR) is 84.8 cm³/mol. The van der Waals surface area contributed by atoms with Crippen LogP contribution in [0.5, 0.6) is 11.5 Å². The van der Waals surface area contributed by atoms with Crippen molar-refractivity contribution in [2.24, 2.45) is 4.99 Å². The van der Waals surface area contributed by atoms with E-state index in [-0.39, 0.29) is 5.75 Å². The second kappa shape index (κ2) is 6.06. The highest BCUT2D eigenvalue weighted by molar-refractivity contribution is 6.30. The SMILES string of the molecule is Oc1cc(Cl)ccc1C=NCCc1ccc2c(c1)OCN2. The van der Waals surface area contributed by atoms with Crippen LogP contribution >= 0.6 is 11.6 Å². The average molecular weight is 303 g/mol. The van der Waals surface area contributed by atoms with Crippen molar-refractivity contribution in [2.45, 2.75) is 6.42 Å². The van der Waals surface area contributed by atoms with Crippen LogP contribution in [0, 0.1) is 0 Å². The summed E-state index contributed by atoms with van der Waals surface area (Å²) in [7, 11) is 0. The molecule has 0 bridgehead atoms. The number of nitrogens with one attached hydrogen (secondary N) is 1. The lowest BCUT2D eigenvalue weighted by Gasteiger charge is -2.02. The van der Waals surface area contributed by atoms with Gasteiger partial charge < -0.3 is 15.2 Å². The molecule has 1 aliphatic rings. The minimum absolute atomic E-state index is 0.142.